The number of aromatic nitrogens is 2. The summed E-state index contributed by atoms with van der Waals surface area (Å²) in [5.74, 6) is 0.349. The van der Waals surface area contributed by atoms with E-state index in [2.05, 4.69) is 0 Å². The van der Waals surface area contributed by atoms with Crippen LogP contribution in [-0.4, -0.2) is 38.7 Å². The third-order valence-corrected chi connectivity index (χ3v) is 6.29. The first-order chi connectivity index (χ1) is 18.4. The molecule has 0 aliphatic rings. The molecule has 4 aromatic rings. The van der Waals surface area contributed by atoms with Gasteiger partial charge in [0.2, 0.25) is 0 Å². The maximum absolute atomic E-state index is 11.4. The van der Waals surface area contributed by atoms with Crippen LogP contribution in [0.15, 0.2) is 72.8 Å². The van der Waals surface area contributed by atoms with Crippen LogP contribution in [0, 0.1) is 0 Å². The number of aliphatic carboxylic acids is 1. The molecule has 38 heavy (non-hydrogen) atoms. The SMILES string of the molecule is CCOc1ccccc1-c1cc(-c2cc(CC(=O)O)ccc2OCc2cccc(Cl)c2)nn1CC(O)CC. The number of nitrogens with zero attached hydrogens (tertiary/aromatic N) is 2. The zero-order valence-electron chi connectivity index (χ0n) is 21.4. The Morgan fingerprint density at radius 1 is 0.947 bits per heavy atom. The quantitative estimate of drug-likeness (QED) is 0.223. The first-order valence-electron chi connectivity index (χ1n) is 12.6. The standard InChI is InChI=1S/C30H31ClN2O5/c1-3-23(34)18-33-27(24-10-5-6-11-28(24)37-4-2)17-26(32-33)25-15-20(16-30(35)36)12-13-29(25)38-19-21-8-7-9-22(31)14-21/h5-15,17,23,34H,3-4,16,18-19H2,1-2H3,(H,35,36). The molecular weight excluding hydrogens is 504 g/mol. The van der Waals surface area contributed by atoms with E-state index in [1.807, 2.05) is 62.4 Å². The number of rotatable bonds is 12. The molecule has 198 valence electrons. The highest BCUT2D eigenvalue weighted by molar-refractivity contribution is 6.30. The van der Waals surface area contributed by atoms with Crippen molar-refractivity contribution in [2.24, 2.45) is 0 Å². The molecule has 2 N–H and O–H groups in total. The van der Waals surface area contributed by atoms with Gasteiger partial charge in [-0.3, -0.25) is 9.48 Å². The molecule has 1 atom stereocenters. The van der Waals surface area contributed by atoms with Gasteiger partial charge in [0.25, 0.3) is 0 Å². The van der Waals surface area contributed by atoms with Crippen molar-refractivity contribution in [1.29, 1.82) is 0 Å². The van der Waals surface area contributed by atoms with Crippen LogP contribution in [0.1, 0.15) is 31.4 Å². The van der Waals surface area contributed by atoms with Gasteiger partial charge in [0.1, 0.15) is 18.1 Å². The van der Waals surface area contributed by atoms with E-state index in [1.165, 1.54) is 0 Å². The molecule has 1 heterocycles. The average molecular weight is 535 g/mol. The largest absolute Gasteiger partial charge is 0.493 e. The Morgan fingerprint density at radius 3 is 2.47 bits per heavy atom. The van der Waals surface area contributed by atoms with E-state index in [-0.39, 0.29) is 13.0 Å². The molecule has 1 unspecified atom stereocenters. The van der Waals surface area contributed by atoms with Gasteiger partial charge in [0.15, 0.2) is 0 Å². The van der Waals surface area contributed by atoms with Gasteiger partial charge in [-0.2, -0.15) is 5.10 Å². The van der Waals surface area contributed by atoms with Crippen LogP contribution in [0.25, 0.3) is 22.5 Å². The number of carboxylic acids is 1. The summed E-state index contributed by atoms with van der Waals surface area (Å²) in [7, 11) is 0. The van der Waals surface area contributed by atoms with Crippen LogP contribution >= 0.6 is 11.6 Å². The molecule has 0 saturated carbocycles. The lowest BCUT2D eigenvalue weighted by molar-refractivity contribution is -0.136. The highest BCUT2D eigenvalue weighted by Gasteiger charge is 2.20. The van der Waals surface area contributed by atoms with Crippen LogP contribution in [-0.2, 0) is 24.4 Å². The number of para-hydroxylation sites is 1. The van der Waals surface area contributed by atoms with Crippen molar-refractivity contribution in [2.75, 3.05) is 6.61 Å². The van der Waals surface area contributed by atoms with Crippen molar-refractivity contribution < 1.29 is 24.5 Å². The smallest absolute Gasteiger partial charge is 0.307 e. The number of carbonyl (C=O) groups is 1. The van der Waals surface area contributed by atoms with Crippen LogP contribution < -0.4 is 9.47 Å². The topological polar surface area (TPSA) is 93.8 Å². The van der Waals surface area contributed by atoms with Crippen LogP contribution in [0.5, 0.6) is 11.5 Å². The summed E-state index contributed by atoms with van der Waals surface area (Å²) in [5.41, 5.74) is 4.41. The first-order valence-corrected chi connectivity index (χ1v) is 13.0. The van der Waals surface area contributed by atoms with Gasteiger partial charge in [-0.1, -0.05) is 48.9 Å². The molecule has 1 aromatic heterocycles. The molecule has 7 nitrogen and oxygen atoms in total. The zero-order chi connectivity index (χ0) is 27.1. The summed E-state index contributed by atoms with van der Waals surface area (Å²) in [6, 6.07) is 22.4. The van der Waals surface area contributed by atoms with E-state index >= 15 is 0 Å². The van der Waals surface area contributed by atoms with Crippen LogP contribution in [0.2, 0.25) is 5.02 Å². The number of ether oxygens (including phenoxy) is 2. The molecule has 0 aliphatic carbocycles. The Balaban J connectivity index is 1.80. The van der Waals surface area contributed by atoms with Gasteiger partial charge in [0.05, 0.1) is 37.1 Å². The fraction of sp³-hybridized carbons (Fsp3) is 0.267. The lowest BCUT2D eigenvalue weighted by atomic mass is 10.0. The van der Waals surface area contributed by atoms with Crippen molar-refractivity contribution in [1.82, 2.24) is 9.78 Å². The summed E-state index contributed by atoms with van der Waals surface area (Å²) in [5, 5.41) is 25.3. The third-order valence-electron chi connectivity index (χ3n) is 6.06. The minimum Gasteiger partial charge on any atom is -0.493 e. The van der Waals surface area contributed by atoms with Crippen molar-refractivity contribution in [3.05, 3.63) is 88.9 Å². The zero-order valence-corrected chi connectivity index (χ0v) is 22.2. The molecule has 0 bridgehead atoms. The third kappa shape index (κ3) is 6.73. The lowest BCUT2D eigenvalue weighted by Gasteiger charge is -2.14. The van der Waals surface area contributed by atoms with Crippen molar-refractivity contribution in [3.63, 3.8) is 0 Å². The fourth-order valence-corrected chi connectivity index (χ4v) is 4.38. The molecule has 8 heteroatoms. The monoisotopic (exact) mass is 534 g/mol. The Morgan fingerprint density at radius 2 is 1.74 bits per heavy atom. The van der Waals surface area contributed by atoms with Crippen LogP contribution in [0.3, 0.4) is 0 Å². The highest BCUT2D eigenvalue weighted by Crippen LogP contribution is 2.37. The van der Waals surface area contributed by atoms with E-state index in [0.29, 0.717) is 52.9 Å². The van der Waals surface area contributed by atoms with Gasteiger partial charge >= 0.3 is 5.97 Å². The van der Waals surface area contributed by atoms with Gasteiger partial charge in [-0.15, -0.1) is 0 Å². The van der Waals surface area contributed by atoms with Crippen molar-refractivity contribution >= 4 is 17.6 Å². The van der Waals surface area contributed by atoms with Gasteiger partial charge in [-0.05, 0) is 66.9 Å². The van der Waals surface area contributed by atoms with E-state index in [4.69, 9.17) is 26.2 Å². The fourth-order valence-electron chi connectivity index (χ4n) is 4.17. The lowest BCUT2D eigenvalue weighted by Crippen LogP contribution is -2.16. The summed E-state index contributed by atoms with van der Waals surface area (Å²) in [6.45, 7) is 4.92. The minimum absolute atomic E-state index is 0.128. The van der Waals surface area contributed by atoms with E-state index in [0.717, 1.165) is 16.8 Å². The summed E-state index contributed by atoms with van der Waals surface area (Å²) in [4.78, 5) is 11.4. The predicted molar refractivity (Wildman–Crippen MR) is 148 cm³/mol. The Bertz CT molecular complexity index is 1400. The molecule has 4 rings (SSSR count). The molecule has 0 fully saturated rings. The molecule has 0 saturated heterocycles. The predicted octanol–water partition coefficient (Wildman–Crippen LogP) is 6.25. The number of carboxylic acid groups (broad SMARTS) is 1. The summed E-state index contributed by atoms with van der Waals surface area (Å²) in [6.07, 6.45) is -0.140. The summed E-state index contributed by atoms with van der Waals surface area (Å²) < 4.78 is 13.8. The molecular formula is C30H31ClN2O5. The highest BCUT2D eigenvalue weighted by atomic mass is 35.5. The number of aliphatic hydroxyl groups is 1. The van der Waals surface area contributed by atoms with Gasteiger partial charge in [-0.25, -0.2) is 0 Å². The van der Waals surface area contributed by atoms with Crippen LogP contribution in [0.4, 0.5) is 0 Å². The van der Waals surface area contributed by atoms with Gasteiger partial charge in [0, 0.05) is 16.1 Å². The summed E-state index contributed by atoms with van der Waals surface area (Å²) >= 11 is 6.14. The second kappa shape index (κ2) is 12.6. The van der Waals surface area contributed by atoms with E-state index < -0.39 is 12.1 Å². The molecule has 0 spiro atoms. The maximum Gasteiger partial charge on any atom is 0.307 e. The number of hydrogen-bond donors (Lipinski definition) is 2. The normalized spacial score (nSPS) is 11.8. The second-order valence-electron chi connectivity index (χ2n) is 8.91. The maximum atomic E-state index is 11.4. The molecule has 3 aromatic carbocycles. The number of hydrogen-bond acceptors (Lipinski definition) is 5. The Kier molecular flexibility index (Phi) is 9.05. The molecule has 0 radical (unpaired) electrons. The Hall–Kier alpha value is -3.81. The first kappa shape index (κ1) is 27.2. The minimum atomic E-state index is -0.925. The number of benzene rings is 3. The van der Waals surface area contributed by atoms with Gasteiger partial charge < -0.3 is 19.7 Å². The second-order valence-corrected chi connectivity index (χ2v) is 9.34. The molecule has 0 aliphatic heterocycles. The Labute approximate surface area is 227 Å². The number of aliphatic hydroxyl groups excluding tert-OH is 1. The molecule has 0 amide bonds. The van der Waals surface area contributed by atoms with Crippen molar-refractivity contribution in [3.8, 4) is 34.0 Å². The average Bonchev–Trinajstić information content (AvgIpc) is 3.31. The number of halogens is 1. The van der Waals surface area contributed by atoms with E-state index in [1.54, 1.807) is 28.9 Å². The van der Waals surface area contributed by atoms with E-state index in [9.17, 15) is 15.0 Å². The van der Waals surface area contributed by atoms with Crippen molar-refractivity contribution in [2.45, 2.75) is 45.9 Å².